The van der Waals surface area contributed by atoms with E-state index in [4.69, 9.17) is 16.3 Å². The largest absolute Gasteiger partial charge is 0.495 e. The van der Waals surface area contributed by atoms with Gasteiger partial charge in [0.2, 0.25) is 0 Å². The van der Waals surface area contributed by atoms with E-state index in [1.54, 1.807) is 18.2 Å². The van der Waals surface area contributed by atoms with Crippen LogP contribution in [0, 0.1) is 6.92 Å². The maximum Gasteiger partial charge on any atom is 0.274 e. The van der Waals surface area contributed by atoms with Crippen LogP contribution in [-0.4, -0.2) is 29.5 Å². The number of hydrogen-bond acceptors (Lipinski definition) is 5. The first-order valence-electron chi connectivity index (χ1n) is 8.26. The zero-order chi connectivity index (χ0) is 18.2. The van der Waals surface area contributed by atoms with Gasteiger partial charge in [-0.15, -0.1) is 0 Å². The number of anilines is 2. The summed E-state index contributed by atoms with van der Waals surface area (Å²) in [4.78, 5) is 20.7. The van der Waals surface area contributed by atoms with Gasteiger partial charge in [0.15, 0.2) is 0 Å². The number of amides is 1. The highest BCUT2D eigenvalue weighted by Gasteiger charge is 2.13. The van der Waals surface area contributed by atoms with E-state index >= 15 is 0 Å². The molecule has 2 rings (SSSR count). The minimum Gasteiger partial charge on any atom is -0.495 e. The molecule has 0 aliphatic heterocycles. The molecule has 2 N–H and O–H groups in total. The summed E-state index contributed by atoms with van der Waals surface area (Å²) in [5.41, 5.74) is 1.67. The molecule has 1 heterocycles. The number of halogens is 1. The number of carbonyl (C=O) groups is 1. The summed E-state index contributed by atoms with van der Waals surface area (Å²) >= 11 is 6.09. The van der Waals surface area contributed by atoms with Crippen LogP contribution >= 0.6 is 11.6 Å². The van der Waals surface area contributed by atoms with Crippen molar-refractivity contribution in [3.05, 3.63) is 40.8 Å². The number of nitrogens with zero attached hydrogens (tertiary/aromatic N) is 2. The van der Waals surface area contributed by atoms with Gasteiger partial charge in [0.25, 0.3) is 5.91 Å². The Labute approximate surface area is 153 Å². The molecule has 0 bridgehead atoms. The molecule has 1 amide bonds. The van der Waals surface area contributed by atoms with E-state index in [0.29, 0.717) is 22.3 Å². The summed E-state index contributed by atoms with van der Waals surface area (Å²) in [6, 6.07) is 5.08. The highest BCUT2D eigenvalue weighted by Crippen LogP contribution is 2.31. The number of benzene rings is 1. The molecule has 134 valence electrons. The van der Waals surface area contributed by atoms with Crippen molar-refractivity contribution in [2.45, 2.75) is 33.1 Å². The maximum absolute atomic E-state index is 12.5. The molecule has 0 fully saturated rings. The highest BCUT2D eigenvalue weighted by molar-refractivity contribution is 6.31. The second kappa shape index (κ2) is 9.22. The minimum absolute atomic E-state index is 0.280. The van der Waals surface area contributed by atoms with E-state index in [1.165, 1.54) is 13.4 Å². The summed E-state index contributed by atoms with van der Waals surface area (Å²) in [6.45, 7) is 4.83. The number of rotatable bonds is 8. The monoisotopic (exact) mass is 362 g/mol. The number of ether oxygens (including phenoxy) is 1. The van der Waals surface area contributed by atoms with Crippen LogP contribution in [0.1, 0.15) is 42.2 Å². The van der Waals surface area contributed by atoms with E-state index in [1.807, 2.05) is 6.92 Å². The van der Waals surface area contributed by atoms with Crippen molar-refractivity contribution in [1.82, 2.24) is 9.97 Å². The van der Waals surface area contributed by atoms with Crippen LogP contribution in [0.25, 0.3) is 0 Å². The Hall–Kier alpha value is -2.34. The van der Waals surface area contributed by atoms with E-state index in [9.17, 15) is 4.79 Å². The van der Waals surface area contributed by atoms with Crippen LogP contribution < -0.4 is 15.4 Å². The molecule has 1 aromatic heterocycles. The zero-order valence-electron chi connectivity index (χ0n) is 14.7. The second-order valence-electron chi connectivity index (χ2n) is 5.68. The highest BCUT2D eigenvalue weighted by atomic mass is 35.5. The predicted octanol–water partition coefficient (Wildman–Crippen LogP) is 4.30. The Balaban J connectivity index is 2.09. The first kappa shape index (κ1) is 19.0. The van der Waals surface area contributed by atoms with Crippen molar-refractivity contribution in [1.29, 1.82) is 0 Å². The van der Waals surface area contributed by atoms with Gasteiger partial charge in [-0.05, 0) is 25.0 Å². The zero-order valence-corrected chi connectivity index (χ0v) is 15.5. The van der Waals surface area contributed by atoms with Gasteiger partial charge in [-0.3, -0.25) is 4.79 Å². The molecule has 6 nitrogen and oxygen atoms in total. The lowest BCUT2D eigenvalue weighted by atomic mass is 10.2. The number of methoxy groups -OCH3 is 1. The molecule has 0 saturated carbocycles. The Morgan fingerprint density at radius 2 is 2.04 bits per heavy atom. The maximum atomic E-state index is 12.5. The predicted molar refractivity (Wildman–Crippen MR) is 101 cm³/mol. The molecule has 1 aromatic carbocycles. The van der Waals surface area contributed by atoms with E-state index < -0.39 is 0 Å². The summed E-state index contributed by atoms with van der Waals surface area (Å²) in [5, 5.41) is 6.59. The fourth-order valence-electron chi connectivity index (χ4n) is 2.29. The van der Waals surface area contributed by atoms with Gasteiger partial charge in [0.1, 0.15) is 23.6 Å². The first-order chi connectivity index (χ1) is 12.0. The van der Waals surface area contributed by atoms with Gasteiger partial charge in [-0.1, -0.05) is 31.4 Å². The van der Waals surface area contributed by atoms with E-state index in [0.717, 1.165) is 31.4 Å². The molecule has 0 radical (unpaired) electrons. The molecule has 0 spiro atoms. The van der Waals surface area contributed by atoms with Crippen LogP contribution in [0.5, 0.6) is 5.75 Å². The van der Waals surface area contributed by atoms with Crippen molar-refractivity contribution in [2.24, 2.45) is 0 Å². The van der Waals surface area contributed by atoms with Crippen molar-refractivity contribution >= 4 is 29.0 Å². The third-order valence-electron chi connectivity index (χ3n) is 3.72. The standard InChI is InChI=1S/C18H23ClN4O2/c1-4-5-6-7-20-17-10-15(21-11-22-17)18(24)23-14-8-12(2)13(19)9-16(14)25-3/h8-11H,4-7H2,1-3H3,(H,23,24)(H,20,21,22). The van der Waals surface area contributed by atoms with Crippen molar-refractivity contribution in [3.8, 4) is 5.75 Å². The number of unbranched alkanes of at least 4 members (excludes halogenated alkanes) is 2. The number of hydrogen-bond donors (Lipinski definition) is 2. The summed E-state index contributed by atoms with van der Waals surface area (Å²) in [6.07, 6.45) is 4.74. The molecule has 0 aliphatic carbocycles. The fraction of sp³-hybridized carbons (Fsp3) is 0.389. The third-order valence-corrected chi connectivity index (χ3v) is 4.12. The number of carbonyl (C=O) groups excluding carboxylic acids is 1. The van der Waals surface area contributed by atoms with Crippen LogP contribution in [-0.2, 0) is 0 Å². The minimum atomic E-state index is -0.334. The molecule has 0 unspecified atom stereocenters. The average Bonchev–Trinajstić information content (AvgIpc) is 2.62. The Bertz CT molecular complexity index is 737. The SMILES string of the molecule is CCCCCNc1cc(C(=O)Nc2cc(C)c(Cl)cc2OC)ncn1. The summed E-state index contributed by atoms with van der Waals surface area (Å²) in [7, 11) is 1.53. The topological polar surface area (TPSA) is 76.1 Å². The van der Waals surface area contributed by atoms with Crippen LogP contribution in [0.2, 0.25) is 5.02 Å². The number of aryl methyl sites for hydroxylation is 1. The first-order valence-corrected chi connectivity index (χ1v) is 8.64. The molecular formula is C18H23ClN4O2. The Morgan fingerprint density at radius 3 is 2.76 bits per heavy atom. The molecule has 0 saturated heterocycles. The molecule has 0 aliphatic rings. The summed E-state index contributed by atoms with van der Waals surface area (Å²) < 4.78 is 5.27. The molecular weight excluding hydrogens is 340 g/mol. The molecule has 0 atom stereocenters. The molecule has 2 aromatic rings. The van der Waals surface area contributed by atoms with Gasteiger partial charge in [0, 0.05) is 23.7 Å². The molecule has 7 heteroatoms. The van der Waals surface area contributed by atoms with Gasteiger partial charge in [0.05, 0.1) is 12.8 Å². The smallest absolute Gasteiger partial charge is 0.274 e. The Morgan fingerprint density at radius 1 is 1.24 bits per heavy atom. The van der Waals surface area contributed by atoms with Crippen LogP contribution in [0.15, 0.2) is 24.5 Å². The van der Waals surface area contributed by atoms with E-state index in [2.05, 4.69) is 27.5 Å². The van der Waals surface area contributed by atoms with Gasteiger partial charge in [-0.25, -0.2) is 9.97 Å². The van der Waals surface area contributed by atoms with Crippen LogP contribution in [0.4, 0.5) is 11.5 Å². The summed E-state index contributed by atoms with van der Waals surface area (Å²) in [5.74, 6) is 0.797. The van der Waals surface area contributed by atoms with E-state index in [-0.39, 0.29) is 11.6 Å². The van der Waals surface area contributed by atoms with Crippen molar-refractivity contribution < 1.29 is 9.53 Å². The lowest BCUT2D eigenvalue weighted by Crippen LogP contribution is -2.15. The van der Waals surface area contributed by atoms with Crippen molar-refractivity contribution in [2.75, 3.05) is 24.3 Å². The fourth-order valence-corrected chi connectivity index (χ4v) is 2.44. The van der Waals surface area contributed by atoms with Crippen LogP contribution in [0.3, 0.4) is 0 Å². The lowest BCUT2D eigenvalue weighted by Gasteiger charge is -2.12. The number of aromatic nitrogens is 2. The average molecular weight is 363 g/mol. The lowest BCUT2D eigenvalue weighted by molar-refractivity contribution is 0.102. The quantitative estimate of drug-likeness (QED) is 0.684. The van der Waals surface area contributed by atoms with Gasteiger partial charge in [-0.2, -0.15) is 0 Å². The Kier molecular flexibility index (Phi) is 7.01. The second-order valence-corrected chi connectivity index (χ2v) is 6.09. The third kappa shape index (κ3) is 5.32. The van der Waals surface area contributed by atoms with Crippen molar-refractivity contribution in [3.63, 3.8) is 0 Å². The molecule has 25 heavy (non-hydrogen) atoms. The van der Waals surface area contributed by atoms with Gasteiger partial charge < -0.3 is 15.4 Å². The normalized spacial score (nSPS) is 10.4. The number of nitrogens with one attached hydrogen (secondary N) is 2. The van der Waals surface area contributed by atoms with Gasteiger partial charge >= 0.3 is 0 Å².